The van der Waals surface area contributed by atoms with Crippen LogP contribution < -0.4 is 9.80 Å². The van der Waals surface area contributed by atoms with Crippen LogP contribution in [0.15, 0.2) is 79.4 Å². The molecule has 0 radical (unpaired) electrons. The lowest BCUT2D eigenvalue weighted by Gasteiger charge is -2.45. The summed E-state index contributed by atoms with van der Waals surface area (Å²) in [6.45, 7) is 5.10. The number of fused-ring (bicyclic) bond motifs is 1. The summed E-state index contributed by atoms with van der Waals surface area (Å²) in [6, 6.07) is 19.5. The predicted molar refractivity (Wildman–Crippen MR) is 165 cm³/mol. The lowest BCUT2D eigenvalue weighted by Crippen LogP contribution is -2.58. The van der Waals surface area contributed by atoms with E-state index in [1.165, 1.54) is 12.4 Å². The van der Waals surface area contributed by atoms with Crippen molar-refractivity contribution in [3.8, 4) is 23.0 Å². The van der Waals surface area contributed by atoms with Gasteiger partial charge in [-0.15, -0.1) is 0 Å². The van der Waals surface area contributed by atoms with Gasteiger partial charge in [-0.25, -0.2) is 19.3 Å². The summed E-state index contributed by atoms with van der Waals surface area (Å²) < 4.78 is 17.0. The standard InChI is InChI=1S/C33H31FN8O/c1-21-18-41(33(43)25-10-6-8-12-28(25)39(3)4)22(2)17-40(21)31-30-26(24-9-5-7-11-27(24)34)19-42(32(30)38-20-37-31)29-15-23(16-35)13-14-36-29/h5-15,19-22H,17-18H2,1-4H3/t21-,22+/m0/s1. The van der Waals surface area contributed by atoms with Crippen LogP contribution in [-0.2, 0) is 0 Å². The lowest BCUT2D eigenvalue weighted by atomic mass is 10.0. The maximum absolute atomic E-state index is 15.3. The lowest BCUT2D eigenvalue weighted by molar-refractivity contribution is 0.0645. The van der Waals surface area contributed by atoms with Crippen LogP contribution >= 0.6 is 0 Å². The molecule has 4 heterocycles. The molecule has 1 aliphatic heterocycles. The number of carbonyl (C=O) groups is 1. The van der Waals surface area contributed by atoms with E-state index in [1.54, 1.807) is 47.3 Å². The fraction of sp³-hybridized carbons (Fsp3) is 0.242. The molecule has 216 valence electrons. The molecule has 9 nitrogen and oxygen atoms in total. The Labute approximate surface area is 249 Å². The van der Waals surface area contributed by atoms with Gasteiger partial charge in [0.15, 0.2) is 5.65 Å². The van der Waals surface area contributed by atoms with E-state index in [9.17, 15) is 10.1 Å². The van der Waals surface area contributed by atoms with Crippen molar-refractivity contribution in [2.24, 2.45) is 0 Å². The monoisotopic (exact) mass is 574 g/mol. The molecular weight excluding hydrogens is 543 g/mol. The molecule has 6 rings (SSSR count). The van der Waals surface area contributed by atoms with Gasteiger partial charge in [-0.2, -0.15) is 5.26 Å². The van der Waals surface area contributed by atoms with E-state index < -0.39 is 0 Å². The second-order valence-electron chi connectivity index (χ2n) is 11.0. The smallest absolute Gasteiger partial charge is 0.256 e. The molecule has 0 bridgehead atoms. The van der Waals surface area contributed by atoms with Crippen LogP contribution in [0.1, 0.15) is 29.8 Å². The average Bonchev–Trinajstić information content (AvgIpc) is 3.41. The summed E-state index contributed by atoms with van der Waals surface area (Å²) in [7, 11) is 3.86. The van der Waals surface area contributed by atoms with Gasteiger partial charge >= 0.3 is 0 Å². The van der Waals surface area contributed by atoms with Crippen molar-refractivity contribution >= 4 is 28.4 Å². The number of nitrogens with zero attached hydrogens (tertiary/aromatic N) is 8. The van der Waals surface area contributed by atoms with Crippen LogP contribution in [0.25, 0.3) is 28.0 Å². The van der Waals surface area contributed by atoms with E-state index in [-0.39, 0.29) is 23.8 Å². The SMILES string of the molecule is C[C@@H]1CN(c2ncnc3c2c(-c2ccccc2F)cn3-c2cc(C#N)ccn2)[C@@H](C)CN1C(=O)c1ccccc1N(C)C. The van der Waals surface area contributed by atoms with Crippen LogP contribution in [0, 0.1) is 17.1 Å². The maximum Gasteiger partial charge on any atom is 0.256 e. The van der Waals surface area contributed by atoms with Crippen molar-refractivity contribution in [3.63, 3.8) is 0 Å². The van der Waals surface area contributed by atoms with E-state index in [4.69, 9.17) is 4.98 Å². The summed E-state index contributed by atoms with van der Waals surface area (Å²) in [5, 5.41) is 10.2. The van der Waals surface area contributed by atoms with E-state index in [0.29, 0.717) is 58.0 Å². The number of pyridine rings is 1. The van der Waals surface area contributed by atoms with Crippen molar-refractivity contribution in [1.82, 2.24) is 24.4 Å². The molecule has 1 amide bonds. The number of rotatable bonds is 5. The third-order valence-corrected chi connectivity index (χ3v) is 7.98. The van der Waals surface area contributed by atoms with Gasteiger partial charge in [0.25, 0.3) is 5.91 Å². The van der Waals surface area contributed by atoms with Crippen LogP contribution in [0.3, 0.4) is 0 Å². The normalized spacial score (nSPS) is 16.7. The summed E-state index contributed by atoms with van der Waals surface area (Å²) >= 11 is 0. The highest BCUT2D eigenvalue weighted by molar-refractivity contribution is 6.03. The number of hydrogen-bond acceptors (Lipinski definition) is 7. The first-order chi connectivity index (χ1) is 20.8. The van der Waals surface area contributed by atoms with Crippen LogP contribution in [0.4, 0.5) is 15.9 Å². The molecule has 0 N–H and O–H groups in total. The Morgan fingerprint density at radius 1 is 0.977 bits per heavy atom. The average molecular weight is 575 g/mol. The Morgan fingerprint density at radius 3 is 2.51 bits per heavy atom. The zero-order valence-electron chi connectivity index (χ0n) is 24.4. The first kappa shape index (κ1) is 27.8. The zero-order chi connectivity index (χ0) is 30.2. The van der Waals surface area contributed by atoms with Gasteiger partial charge < -0.3 is 14.7 Å². The van der Waals surface area contributed by atoms with Crippen molar-refractivity contribution in [2.75, 3.05) is 37.0 Å². The van der Waals surface area contributed by atoms with Gasteiger partial charge in [-0.3, -0.25) is 9.36 Å². The van der Waals surface area contributed by atoms with E-state index in [1.807, 2.05) is 55.1 Å². The topological polar surface area (TPSA) is 94.2 Å². The van der Waals surface area contributed by atoms with Gasteiger partial charge in [0.2, 0.25) is 0 Å². The van der Waals surface area contributed by atoms with Gasteiger partial charge in [0.05, 0.1) is 22.6 Å². The highest BCUT2D eigenvalue weighted by Gasteiger charge is 2.35. The minimum atomic E-state index is -0.369. The zero-order valence-corrected chi connectivity index (χ0v) is 24.4. The Bertz CT molecular complexity index is 1880. The molecule has 0 saturated carbocycles. The maximum atomic E-state index is 15.3. The molecule has 1 fully saturated rings. The number of aromatic nitrogens is 4. The number of benzene rings is 2. The molecule has 0 unspecified atom stereocenters. The van der Waals surface area contributed by atoms with Gasteiger partial charge in [-0.05, 0) is 44.2 Å². The molecule has 0 aliphatic carbocycles. The number of anilines is 2. The van der Waals surface area contributed by atoms with Gasteiger partial charge in [0.1, 0.15) is 23.8 Å². The predicted octanol–water partition coefficient (Wildman–Crippen LogP) is 5.30. The summed E-state index contributed by atoms with van der Waals surface area (Å²) in [4.78, 5) is 33.7. The van der Waals surface area contributed by atoms with E-state index >= 15 is 4.39 Å². The molecule has 1 saturated heterocycles. The molecule has 0 spiro atoms. The fourth-order valence-corrected chi connectivity index (χ4v) is 5.85. The second kappa shape index (κ2) is 11.2. The number of carbonyl (C=O) groups excluding carboxylic acids is 1. The number of piperazine rings is 1. The van der Waals surface area contributed by atoms with E-state index in [2.05, 4.69) is 27.9 Å². The van der Waals surface area contributed by atoms with Gasteiger partial charge in [0, 0.05) is 68.5 Å². The van der Waals surface area contributed by atoms with E-state index in [0.717, 1.165) is 5.69 Å². The molecule has 3 aromatic heterocycles. The molecule has 10 heteroatoms. The Balaban J connectivity index is 1.45. The highest BCUT2D eigenvalue weighted by Crippen LogP contribution is 2.39. The molecular formula is C33H31FN8O. The molecule has 43 heavy (non-hydrogen) atoms. The molecule has 5 aromatic rings. The minimum absolute atomic E-state index is 0.0159. The number of amides is 1. The molecule has 2 aromatic carbocycles. The number of nitriles is 1. The third-order valence-electron chi connectivity index (χ3n) is 7.98. The van der Waals surface area contributed by atoms with Crippen molar-refractivity contribution < 1.29 is 9.18 Å². The van der Waals surface area contributed by atoms with Gasteiger partial charge in [-0.1, -0.05) is 30.3 Å². The first-order valence-corrected chi connectivity index (χ1v) is 14.1. The summed E-state index contributed by atoms with van der Waals surface area (Å²) in [5.41, 5.74) is 3.56. The quantitative estimate of drug-likeness (QED) is 0.281. The summed E-state index contributed by atoms with van der Waals surface area (Å²) in [6.07, 6.45) is 4.87. The van der Waals surface area contributed by atoms with Crippen molar-refractivity contribution in [2.45, 2.75) is 25.9 Å². The number of para-hydroxylation sites is 1. The fourth-order valence-electron chi connectivity index (χ4n) is 5.85. The Kier molecular flexibility index (Phi) is 7.24. The largest absolute Gasteiger partial charge is 0.377 e. The Hall–Kier alpha value is -5.30. The van der Waals surface area contributed by atoms with Crippen LogP contribution in [0.5, 0.6) is 0 Å². The highest BCUT2D eigenvalue weighted by atomic mass is 19.1. The Morgan fingerprint density at radius 2 is 1.74 bits per heavy atom. The summed E-state index contributed by atoms with van der Waals surface area (Å²) in [5.74, 6) is 0.760. The van der Waals surface area contributed by atoms with Crippen LogP contribution in [-0.4, -0.2) is 69.6 Å². The molecule has 1 aliphatic rings. The third kappa shape index (κ3) is 4.93. The van der Waals surface area contributed by atoms with Crippen molar-refractivity contribution in [1.29, 1.82) is 5.26 Å². The number of hydrogen-bond donors (Lipinski definition) is 0. The second-order valence-corrected chi connectivity index (χ2v) is 11.0. The minimum Gasteiger partial charge on any atom is -0.377 e. The first-order valence-electron chi connectivity index (χ1n) is 14.1. The van der Waals surface area contributed by atoms with Crippen molar-refractivity contribution in [3.05, 3.63) is 96.3 Å². The number of halogens is 1. The van der Waals surface area contributed by atoms with Crippen LogP contribution in [0.2, 0.25) is 0 Å². The molecule has 2 atom stereocenters.